The molecule has 0 saturated carbocycles. The highest BCUT2D eigenvalue weighted by atomic mass is 32.2. The van der Waals surface area contributed by atoms with E-state index in [0.717, 1.165) is 36.0 Å². The summed E-state index contributed by atoms with van der Waals surface area (Å²) in [6, 6.07) is 12.8. The number of nitrogens with one attached hydrogen (secondary N) is 1. The molecule has 0 amide bonds. The van der Waals surface area contributed by atoms with Gasteiger partial charge in [-0.15, -0.1) is 0 Å². The van der Waals surface area contributed by atoms with Crippen molar-refractivity contribution in [1.82, 2.24) is 14.3 Å². The molecule has 1 fully saturated rings. The van der Waals surface area contributed by atoms with Gasteiger partial charge in [0.05, 0.1) is 4.90 Å². The summed E-state index contributed by atoms with van der Waals surface area (Å²) in [7, 11) is -3.68. The van der Waals surface area contributed by atoms with Gasteiger partial charge in [0, 0.05) is 29.7 Å². The molecule has 0 radical (unpaired) electrons. The van der Waals surface area contributed by atoms with Crippen molar-refractivity contribution < 1.29 is 8.42 Å². The maximum Gasteiger partial charge on any atom is 0.269 e. The third kappa shape index (κ3) is 2.96. The maximum atomic E-state index is 13.3. The molecular formula is C19H21N3O2S. The van der Waals surface area contributed by atoms with Gasteiger partial charge in [-0.2, -0.15) is 0 Å². The van der Waals surface area contributed by atoms with Gasteiger partial charge in [-0.05, 0) is 56.1 Å². The second-order valence-corrected chi connectivity index (χ2v) is 8.43. The molecule has 0 bridgehead atoms. The molecule has 3 aromatic rings. The van der Waals surface area contributed by atoms with E-state index >= 15 is 0 Å². The Balaban J connectivity index is 1.90. The number of aryl methyl sites for hydroxylation is 1. The largest absolute Gasteiger partial charge is 0.314 e. The first-order chi connectivity index (χ1) is 12.1. The summed E-state index contributed by atoms with van der Waals surface area (Å²) in [6.07, 6.45) is 4.60. The molecule has 130 valence electrons. The molecule has 4 rings (SSSR count). The highest BCUT2D eigenvalue weighted by Gasteiger charge is 2.26. The Kier molecular flexibility index (Phi) is 4.09. The van der Waals surface area contributed by atoms with Crippen molar-refractivity contribution >= 4 is 21.1 Å². The van der Waals surface area contributed by atoms with Crippen LogP contribution in [0.1, 0.15) is 24.1 Å². The summed E-state index contributed by atoms with van der Waals surface area (Å²) in [5, 5.41) is 4.32. The first-order valence-electron chi connectivity index (χ1n) is 8.57. The lowest BCUT2D eigenvalue weighted by Gasteiger charge is -2.14. The lowest BCUT2D eigenvalue weighted by molar-refractivity contribution is 0.572. The summed E-state index contributed by atoms with van der Waals surface area (Å²) < 4.78 is 28.0. The third-order valence-electron chi connectivity index (χ3n) is 4.71. The quantitative estimate of drug-likeness (QED) is 0.782. The van der Waals surface area contributed by atoms with E-state index in [2.05, 4.69) is 10.3 Å². The Morgan fingerprint density at radius 2 is 2.04 bits per heavy atom. The third-order valence-corrected chi connectivity index (χ3v) is 6.46. The van der Waals surface area contributed by atoms with E-state index in [1.165, 1.54) is 3.97 Å². The average molecular weight is 355 g/mol. The van der Waals surface area contributed by atoms with Gasteiger partial charge >= 0.3 is 0 Å². The van der Waals surface area contributed by atoms with Crippen LogP contribution in [0.25, 0.3) is 11.0 Å². The topological polar surface area (TPSA) is 64.0 Å². The molecule has 2 aromatic heterocycles. The normalized spacial score (nSPS) is 18.0. The number of pyridine rings is 1. The smallest absolute Gasteiger partial charge is 0.269 e. The zero-order valence-corrected chi connectivity index (χ0v) is 15.0. The van der Waals surface area contributed by atoms with Gasteiger partial charge in [0.1, 0.15) is 0 Å². The molecule has 25 heavy (non-hydrogen) atoms. The molecule has 5 nitrogen and oxygen atoms in total. The van der Waals surface area contributed by atoms with Crippen LogP contribution < -0.4 is 5.32 Å². The monoisotopic (exact) mass is 355 g/mol. The number of aromatic nitrogens is 2. The summed E-state index contributed by atoms with van der Waals surface area (Å²) in [5.74, 6) is 0. The van der Waals surface area contributed by atoms with E-state index in [-0.39, 0.29) is 4.90 Å². The van der Waals surface area contributed by atoms with Crippen molar-refractivity contribution in [1.29, 1.82) is 0 Å². The van der Waals surface area contributed by atoms with Crippen LogP contribution in [0, 0.1) is 6.92 Å². The number of hydrogen-bond donors (Lipinski definition) is 1. The molecule has 6 heteroatoms. The van der Waals surface area contributed by atoms with Gasteiger partial charge in [-0.1, -0.05) is 18.2 Å². The maximum absolute atomic E-state index is 13.3. The molecule has 0 aliphatic carbocycles. The Bertz CT molecular complexity index is 1000. The van der Waals surface area contributed by atoms with Crippen LogP contribution in [0.5, 0.6) is 0 Å². The van der Waals surface area contributed by atoms with Gasteiger partial charge in [0.15, 0.2) is 5.65 Å². The predicted octanol–water partition coefficient (Wildman–Crippen LogP) is 2.88. The lowest BCUT2D eigenvalue weighted by atomic mass is 10.1. The fourth-order valence-corrected chi connectivity index (χ4v) is 5.05. The first kappa shape index (κ1) is 16.3. The minimum atomic E-state index is -3.68. The summed E-state index contributed by atoms with van der Waals surface area (Å²) in [6.45, 7) is 2.96. The Morgan fingerprint density at radius 3 is 2.76 bits per heavy atom. The van der Waals surface area contributed by atoms with Crippen LogP contribution in [0.3, 0.4) is 0 Å². The van der Waals surface area contributed by atoms with Crippen LogP contribution in [-0.4, -0.2) is 30.0 Å². The van der Waals surface area contributed by atoms with Crippen LogP contribution in [0.4, 0.5) is 0 Å². The molecule has 0 spiro atoms. The Labute approximate surface area is 147 Å². The van der Waals surface area contributed by atoms with Crippen molar-refractivity contribution in [3.63, 3.8) is 0 Å². The fourth-order valence-electron chi connectivity index (χ4n) is 3.53. The van der Waals surface area contributed by atoms with Crippen molar-refractivity contribution in [2.75, 3.05) is 6.54 Å². The van der Waals surface area contributed by atoms with Crippen molar-refractivity contribution in [2.24, 2.45) is 0 Å². The first-order valence-corrected chi connectivity index (χ1v) is 10.0. The lowest BCUT2D eigenvalue weighted by Crippen LogP contribution is -2.26. The van der Waals surface area contributed by atoms with E-state index < -0.39 is 10.0 Å². The second kappa shape index (κ2) is 6.28. The van der Waals surface area contributed by atoms with Gasteiger partial charge in [-0.3, -0.25) is 0 Å². The fraction of sp³-hybridized carbons (Fsp3) is 0.316. The zero-order valence-electron chi connectivity index (χ0n) is 14.1. The van der Waals surface area contributed by atoms with Crippen LogP contribution >= 0.6 is 0 Å². The minimum Gasteiger partial charge on any atom is -0.314 e. The van der Waals surface area contributed by atoms with E-state index in [1.54, 1.807) is 30.5 Å². The predicted molar refractivity (Wildman–Crippen MR) is 98.2 cm³/mol. The zero-order chi connectivity index (χ0) is 17.4. The van der Waals surface area contributed by atoms with E-state index in [9.17, 15) is 8.42 Å². The van der Waals surface area contributed by atoms with E-state index in [0.29, 0.717) is 18.1 Å². The standard InChI is InChI=1S/C19H21N3O2S/c1-14-10-15-11-17(12-16-6-5-9-20-16)22(19(15)21-13-14)25(23,24)18-7-3-2-4-8-18/h2-4,7-8,10-11,13,16,20H,5-6,9,12H2,1H3/t16-/m1/s1. The summed E-state index contributed by atoms with van der Waals surface area (Å²) in [4.78, 5) is 4.72. The number of hydrogen-bond acceptors (Lipinski definition) is 4. The molecular weight excluding hydrogens is 334 g/mol. The van der Waals surface area contributed by atoms with Crippen LogP contribution in [0.15, 0.2) is 53.6 Å². The number of nitrogens with zero attached hydrogens (tertiary/aromatic N) is 2. The van der Waals surface area contributed by atoms with Crippen molar-refractivity contribution in [3.8, 4) is 0 Å². The molecule has 1 aliphatic heterocycles. The number of benzene rings is 1. The van der Waals surface area contributed by atoms with Gasteiger partial charge < -0.3 is 5.32 Å². The van der Waals surface area contributed by atoms with E-state index in [4.69, 9.17) is 0 Å². The van der Waals surface area contributed by atoms with Gasteiger partial charge in [0.2, 0.25) is 0 Å². The van der Waals surface area contributed by atoms with Gasteiger partial charge in [0.25, 0.3) is 10.0 Å². The molecule has 1 N–H and O–H groups in total. The van der Waals surface area contributed by atoms with Gasteiger partial charge in [-0.25, -0.2) is 17.4 Å². The molecule has 1 saturated heterocycles. The highest BCUT2D eigenvalue weighted by molar-refractivity contribution is 7.90. The molecule has 0 unspecified atom stereocenters. The van der Waals surface area contributed by atoms with Crippen molar-refractivity contribution in [2.45, 2.75) is 37.1 Å². The summed E-state index contributed by atoms with van der Waals surface area (Å²) in [5.41, 5.74) is 2.31. The Morgan fingerprint density at radius 1 is 1.24 bits per heavy atom. The Hall–Kier alpha value is -2.18. The van der Waals surface area contributed by atoms with E-state index in [1.807, 2.05) is 25.1 Å². The van der Waals surface area contributed by atoms with Crippen LogP contribution in [-0.2, 0) is 16.4 Å². The summed E-state index contributed by atoms with van der Waals surface area (Å²) >= 11 is 0. The SMILES string of the molecule is Cc1cnc2c(c1)cc(C[C@H]1CCCN1)n2S(=O)(=O)c1ccccc1. The molecule has 3 heterocycles. The minimum absolute atomic E-state index is 0.288. The number of fused-ring (bicyclic) bond motifs is 1. The number of rotatable bonds is 4. The average Bonchev–Trinajstić information content (AvgIpc) is 3.23. The molecule has 1 atom stereocenters. The van der Waals surface area contributed by atoms with Crippen LogP contribution in [0.2, 0.25) is 0 Å². The highest BCUT2D eigenvalue weighted by Crippen LogP contribution is 2.27. The van der Waals surface area contributed by atoms with Crippen molar-refractivity contribution in [3.05, 3.63) is 59.9 Å². The second-order valence-electron chi connectivity index (χ2n) is 6.64. The molecule has 1 aliphatic rings. The molecule has 1 aromatic carbocycles.